The van der Waals surface area contributed by atoms with Crippen LogP contribution in [0.2, 0.25) is 0 Å². The largest absolute Gasteiger partial charge is 0.476 e. The predicted octanol–water partition coefficient (Wildman–Crippen LogP) is 1.35. The molecule has 18 heavy (non-hydrogen) atoms. The van der Waals surface area contributed by atoms with Crippen LogP contribution in [0.3, 0.4) is 0 Å². The van der Waals surface area contributed by atoms with Crippen LogP contribution >= 0.6 is 0 Å². The number of anilines is 1. The highest BCUT2D eigenvalue weighted by Crippen LogP contribution is 2.37. The molecule has 0 saturated heterocycles. The molecular formula is C11H8N2O5. The first-order valence-electron chi connectivity index (χ1n) is 5.05. The van der Waals surface area contributed by atoms with Gasteiger partial charge in [0.05, 0.1) is 0 Å². The molecule has 2 heterocycles. The fourth-order valence-electron chi connectivity index (χ4n) is 1.72. The number of carboxylic acids is 1. The molecule has 1 aromatic carbocycles. The monoisotopic (exact) mass is 248 g/mol. The van der Waals surface area contributed by atoms with Crippen LogP contribution < -0.4 is 15.2 Å². The summed E-state index contributed by atoms with van der Waals surface area (Å²) in [6, 6.07) is 4.75. The van der Waals surface area contributed by atoms with Crippen LogP contribution in [-0.4, -0.2) is 22.9 Å². The summed E-state index contributed by atoms with van der Waals surface area (Å²) < 4.78 is 15.5. The Bertz CT molecular complexity index is 634. The van der Waals surface area contributed by atoms with Gasteiger partial charge in [-0.05, 0) is 18.2 Å². The van der Waals surface area contributed by atoms with Gasteiger partial charge in [0.1, 0.15) is 0 Å². The number of nitrogen functional groups attached to an aromatic ring is 1. The van der Waals surface area contributed by atoms with Crippen molar-refractivity contribution < 1.29 is 23.8 Å². The molecule has 0 spiro atoms. The highest BCUT2D eigenvalue weighted by Gasteiger charge is 2.22. The Balaban J connectivity index is 2.12. The Kier molecular flexibility index (Phi) is 2.12. The third-order valence-electron chi connectivity index (χ3n) is 2.48. The van der Waals surface area contributed by atoms with Gasteiger partial charge in [0, 0.05) is 5.56 Å². The van der Waals surface area contributed by atoms with Gasteiger partial charge in [-0.3, -0.25) is 0 Å². The molecule has 3 N–H and O–H groups in total. The maximum atomic E-state index is 11.0. The van der Waals surface area contributed by atoms with Gasteiger partial charge in [-0.25, -0.2) is 4.79 Å². The summed E-state index contributed by atoms with van der Waals surface area (Å²) in [5.41, 5.74) is 5.65. The van der Waals surface area contributed by atoms with E-state index < -0.39 is 5.97 Å². The van der Waals surface area contributed by atoms with E-state index in [4.69, 9.17) is 24.7 Å². The number of aromatic nitrogens is 1. The number of hydrogen-bond donors (Lipinski definition) is 2. The van der Waals surface area contributed by atoms with E-state index in [2.05, 4.69) is 4.98 Å². The number of rotatable bonds is 2. The Labute approximate surface area is 101 Å². The molecule has 7 heteroatoms. The van der Waals surface area contributed by atoms with E-state index >= 15 is 0 Å². The molecule has 1 aliphatic rings. The molecule has 0 aliphatic carbocycles. The van der Waals surface area contributed by atoms with Gasteiger partial charge in [-0.2, -0.15) is 4.98 Å². The second kappa shape index (κ2) is 3.66. The molecule has 92 valence electrons. The molecule has 0 radical (unpaired) electrons. The number of oxazole rings is 1. The fourth-order valence-corrected chi connectivity index (χ4v) is 1.72. The van der Waals surface area contributed by atoms with E-state index in [1.807, 2.05) is 0 Å². The van der Waals surface area contributed by atoms with E-state index in [-0.39, 0.29) is 24.3 Å². The van der Waals surface area contributed by atoms with Crippen molar-refractivity contribution in [1.82, 2.24) is 4.98 Å². The number of nitrogens with two attached hydrogens (primary N) is 1. The van der Waals surface area contributed by atoms with Gasteiger partial charge >= 0.3 is 5.97 Å². The van der Waals surface area contributed by atoms with Crippen LogP contribution in [0.4, 0.5) is 6.01 Å². The Morgan fingerprint density at radius 1 is 1.33 bits per heavy atom. The molecule has 3 rings (SSSR count). The number of carbonyl (C=O) groups is 1. The number of fused-ring (bicyclic) bond motifs is 1. The van der Waals surface area contributed by atoms with Gasteiger partial charge in [-0.1, -0.05) is 0 Å². The molecule has 0 unspecified atom stereocenters. The van der Waals surface area contributed by atoms with E-state index in [1.54, 1.807) is 18.2 Å². The highest BCUT2D eigenvalue weighted by molar-refractivity contribution is 5.92. The van der Waals surface area contributed by atoms with Crippen LogP contribution in [0.1, 0.15) is 10.5 Å². The third-order valence-corrected chi connectivity index (χ3v) is 2.48. The first-order valence-corrected chi connectivity index (χ1v) is 5.05. The van der Waals surface area contributed by atoms with Crippen LogP contribution in [0.25, 0.3) is 11.3 Å². The van der Waals surface area contributed by atoms with Gasteiger partial charge in [-0.15, -0.1) is 0 Å². The number of benzene rings is 1. The zero-order valence-electron chi connectivity index (χ0n) is 9.04. The Morgan fingerprint density at radius 3 is 2.89 bits per heavy atom. The predicted molar refractivity (Wildman–Crippen MR) is 59.4 cm³/mol. The van der Waals surface area contributed by atoms with Gasteiger partial charge < -0.3 is 24.7 Å². The van der Waals surface area contributed by atoms with Crippen molar-refractivity contribution in [2.45, 2.75) is 0 Å². The SMILES string of the molecule is Nc1nc(C(=O)O)c(-c2ccc3c(c2)OCO3)o1. The van der Waals surface area contributed by atoms with Crippen molar-refractivity contribution in [2.24, 2.45) is 0 Å². The van der Waals surface area contributed by atoms with Crippen molar-refractivity contribution in [3.8, 4) is 22.8 Å². The lowest BCUT2D eigenvalue weighted by Crippen LogP contribution is -1.99. The first-order chi connectivity index (χ1) is 8.65. The fraction of sp³-hybridized carbons (Fsp3) is 0.0909. The maximum Gasteiger partial charge on any atom is 0.358 e. The van der Waals surface area contributed by atoms with E-state index in [0.717, 1.165) is 0 Å². The van der Waals surface area contributed by atoms with Crippen LogP contribution in [0, 0.1) is 0 Å². The van der Waals surface area contributed by atoms with Crippen molar-refractivity contribution >= 4 is 12.0 Å². The molecule has 0 amide bonds. The second-order valence-corrected chi connectivity index (χ2v) is 3.60. The molecule has 0 bridgehead atoms. The van der Waals surface area contributed by atoms with Crippen molar-refractivity contribution in [3.05, 3.63) is 23.9 Å². The van der Waals surface area contributed by atoms with E-state index in [0.29, 0.717) is 17.1 Å². The topological polar surface area (TPSA) is 108 Å². The smallest absolute Gasteiger partial charge is 0.358 e. The minimum Gasteiger partial charge on any atom is -0.476 e. The van der Waals surface area contributed by atoms with E-state index in [1.165, 1.54) is 0 Å². The molecule has 2 aromatic rings. The van der Waals surface area contributed by atoms with Crippen molar-refractivity contribution in [2.75, 3.05) is 12.5 Å². The summed E-state index contributed by atoms with van der Waals surface area (Å²) in [4.78, 5) is 14.6. The minimum absolute atomic E-state index is 0.0956. The number of ether oxygens (including phenoxy) is 2. The molecular weight excluding hydrogens is 240 g/mol. The summed E-state index contributed by atoms with van der Waals surface area (Å²) in [5, 5.41) is 9.00. The van der Waals surface area contributed by atoms with Gasteiger partial charge in [0.15, 0.2) is 23.0 Å². The average molecular weight is 248 g/mol. The quantitative estimate of drug-likeness (QED) is 0.825. The summed E-state index contributed by atoms with van der Waals surface area (Å²) in [6.45, 7) is 0.142. The second-order valence-electron chi connectivity index (χ2n) is 3.60. The van der Waals surface area contributed by atoms with Crippen molar-refractivity contribution in [3.63, 3.8) is 0 Å². The summed E-state index contributed by atoms with van der Waals surface area (Å²) in [7, 11) is 0. The van der Waals surface area contributed by atoms with E-state index in [9.17, 15) is 4.79 Å². The lowest BCUT2D eigenvalue weighted by Gasteiger charge is -2.00. The minimum atomic E-state index is -1.21. The average Bonchev–Trinajstić information content (AvgIpc) is 2.93. The Hall–Kier alpha value is -2.70. The number of nitrogens with zero attached hydrogens (tertiary/aromatic N) is 1. The van der Waals surface area contributed by atoms with Crippen LogP contribution in [0.5, 0.6) is 11.5 Å². The summed E-state index contributed by atoms with van der Waals surface area (Å²) >= 11 is 0. The number of carboxylic acid groups (broad SMARTS) is 1. The van der Waals surface area contributed by atoms with Gasteiger partial charge in [0.25, 0.3) is 6.01 Å². The molecule has 7 nitrogen and oxygen atoms in total. The van der Waals surface area contributed by atoms with Crippen molar-refractivity contribution in [1.29, 1.82) is 0 Å². The molecule has 0 atom stereocenters. The summed E-state index contributed by atoms with van der Waals surface area (Å²) in [6.07, 6.45) is 0. The highest BCUT2D eigenvalue weighted by atomic mass is 16.7. The lowest BCUT2D eigenvalue weighted by atomic mass is 10.1. The zero-order valence-corrected chi connectivity index (χ0v) is 9.04. The third kappa shape index (κ3) is 1.53. The molecule has 1 aliphatic heterocycles. The van der Waals surface area contributed by atoms with Gasteiger partial charge in [0.2, 0.25) is 6.79 Å². The zero-order chi connectivity index (χ0) is 12.7. The van der Waals surface area contributed by atoms with Crippen LogP contribution in [0.15, 0.2) is 22.6 Å². The normalized spacial score (nSPS) is 12.7. The Morgan fingerprint density at radius 2 is 2.11 bits per heavy atom. The lowest BCUT2D eigenvalue weighted by molar-refractivity contribution is 0.0691. The molecule has 0 fully saturated rings. The molecule has 0 saturated carbocycles. The van der Waals surface area contributed by atoms with Crippen LogP contribution in [-0.2, 0) is 0 Å². The summed E-state index contributed by atoms with van der Waals surface area (Å²) in [5.74, 6) is 0.0170. The number of hydrogen-bond acceptors (Lipinski definition) is 6. The standard InChI is InChI=1S/C11H8N2O5/c12-11-13-8(10(14)15)9(18-11)5-1-2-6-7(3-5)17-4-16-6/h1-3H,4H2,(H2,12,13)(H,14,15). The molecule has 1 aromatic heterocycles. The maximum absolute atomic E-state index is 11.0. The number of aromatic carboxylic acids is 1. The first kappa shape index (κ1) is 10.5.